The molecule has 7 nitrogen and oxygen atoms in total. The van der Waals surface area contributed by atoms with Gasteiger partial charge in [0.2, 0.25) is 11.9 Å². The van der Waals surface area contributed by atoms with Crippen LogP contribution < -0.4 is 14.8 Å². The molecule has 1 aliphatic rings. The third-order valence-corrected chi connectivity index (χ3v) is 5.56. The first kappa shape index (κ1) is 20.0. The minimum atomic E-state index is -0.251. The van der Waals surface area contributed by atoms with Gasteiger partial charge in [0.1, 0.15) is 12.9 Å². The van der Waals surface area contributed by atoms with Gasteiger partial charge in [0, 0.05) is 5.02 Å². The number of nitrogens with one attached hydrogen (secondary N) is 1. The highest BCUT2D eigenvalue weighted by Gasteiger charge is 2.29. The molecule has 9 heteroatoms. The number of carbonyl (C=O) groups is 1. The molecule has 0 radical (unpaired) electrons. The maximum Gasteiger partial charge on any atom is 0.229 e. The number of carbonyl (C=O) groups excluding carboxylic acids is 1. The van der Waals surface area contributed by atoms with Crippen molar-refractivity contribution in [3.8, 4) is 11.5 Å². The van der Waals surface area contributed by atoms with Gasteiger partial charge in [-0.2, -0.15) is 10.1 Å². The van der Waals surface area contributed by atoms with E-state index in [9.17, 15) is 4.79 Å². The minimum absolute atomic E-state index is 0.0912. The molecule has 1 amide bonds. The van der Waals surface area contributed by atoms with E-state index in [2.05, 4.69) is 38.0 Å². The zero-order chi connectivity index (χ0) is 20.4. The van der Waals surface area contributed by atoms with E-state index in [-0.39, 0.29) is 18.4 Å². The fourth-order valence-corrected chi connectivity index (χ4v) is 4.09. The number of hydrogen-bond acceptors (Lipinski definition) is 5. The van der Waals surface area contributed by atoms with Gasteiger partial charge in [0.25, 0.3) is 0 Å². The Hall–Kier alpha value is -2.33. The van der Waals surface area contributed by atoms with Gasteiger partial charge in [0.15, 0.2) is 11.5 Å². The predicted molar refractivity (Wildman–Crippen MR) is 118 cm³/mol. The molecule has 4 rings (SSSR count). The third kappa shape index (κ3) is 4.32. The van der Waals surface area contributed by atoms with Crippen LogP contribution in [0, 0.1) is 3.57 Å². The van der Waals surface area contributed by atoms with Crippen LogP contribution >= 0.6 is 34.2 Å². The Morgan fingerprint density at radius 3 is 2.83 bits per heavy atom. The average molecular weight is 525 g/mol. The normalized spacial score (nSPS) is 15.6. The summed E-state index contributed by atoms with van der Waals surface area (Å²) in [5.74, 6) is 1.66. The molecule has 150 valence electrons. The predicted octanol–water partition coefficient (Wildman–Crippen LogP) is 4.45. The van der Waals surface area contributed by atoms with Crippen LogP contribution in [0.5, 0.6) is 11.5 Å². The van der Waals surface area contributed by atoms with Crippen molar-refractivity contribution in [3.05, 3.63) is 62.4 Å². The van der Waals surface area contributed by atoms with Crippen LogP contribution in [0.4, 0.5) is 5.95 Å². The van der Waals surface area contributed by atoms with Gasteiger partial charge >= 0.3 is 0 Å². The first-order valence-corrected chi connectivity index (χ1v) is 10.5. The van der Waals surface area contributed by atoms with E-state index in [1.54, 1.807) is 4.68 Å². The Bertz CT molecular complexity index is 1040. The zero-order valence-electron chi connectivity index (χ0n) is 15.6. The standard InChI is InChI=1S/C20H18ClIN4O3/c1-2-28-17-8-13(16-9-18(27)25-20-23-11-24-26(16)20)7-15(22)19(17)29-10-12-3-5-14(21)6-4-12/h3-8,11,16H,2,9-10H2,1H3,(H,23,24,25,27)/t16-/m1/s1. The van der Waals surface area contributed by atoms with Crippen molar-refractivity contribution in [2.75, 3.05) is 11.9 Å². The first-order valence-electron chi connectivity index (χ1n) is 9.08. The summed E-state index contributed by atoms with van der Waals surface area (Å²) in [4.78, 5) is 16.2. The van der Waals surface area contributed by atoms with Crippen molar-refractivity contribution in [2.45, 2.75) is 26.0 Å². The molecule has 0 spiro atoms. The third-order valence-electron chi connectivity index (χ3n) is 4.51. The number of rotatable bonds is 6. The van der Waals surface area contributed by atoms with Crippen LogP contribution in [0.1, 0.15) is 30.5 Å². The van der Waals surface area contributed by atoms with E-state index in [1.807, 2.05) is 43.3 Å². The zero-order valence-corrected chi connectivity index (χ0v) is 18.5. The molecular weight excluding hydrogens is 507 g/mol. The van der Waals surface area contributed by atoms with Gasteiger partial charge in [-0.05, 0) is 64.9 Å². The van der Waals surface area contributed by atoms with E-state index in [4.69, 9.17) is 21.1 Å². The Balaban J connectivity index is 1.65. The maximum absolute atomic E-state index is 12.1. The van der Waals surface area contributed by atoms with Crippen molar-refractivity contribution in [1.29, 1.82) is 0 Å². The van der Waals surface area contributed by atoms with Crippen LogP contribution in [0.15, 0.2) is 42.7 Å². The highest BCUT2D eigenvalue weighted by Crippen LogP contribution is 2.39. The Kier molecular flexibility index (Phi) is 5.91. The van der Waals surface area contributed by atoms with Gasteiger partial charge in [-0.3, -0.25) is 10.1 Å². The van der Waals surface area contributed by atoms with Crippen molar-refractivity contribution in [1.82, 2.24) is 14.8 Å². The molecule has 0 bridgehead atoms. The molecule has 0 saturated carbocycles. The van der Waals surface area contributed by atoms with Crippen LogP contribution in [0.25, 0.3) is 0 Å². The summed E-state index contributed by atoms with van der Waals surface area (Å²) in [6.45, 7) is 2.81. The first-order chi connectivity index (χ1) is 14.0. The highest BCUT2D eigenvalue weighted by atomic mass is 127. The molecule has 1 aliphatic heterocycles. The SMILES string of the molecule is CCOc1cc([C@H]2CC(=O)Nc3ncnn32)cc(I)c1OCc1ccc(Cl)cc1. The summed E-state index contributed by atoms with van der Waals surface area (Å²) in [6, 6.07) is 11.2. The number of aromatic nitrogens is 3. The number of anilines is 1. The molecule has 1 atom stereocenters. The summed E-state index contributed by atoms with van der Waals surface area (Å²) in [7, 11) is 0. The van der Waals surface area contributed by atoms with E-state index in [0.29, 0.717) is 35.7 Å². The topological polar surface area (TPSA) is 78.3 Å². The van der Waals surface area contributed by atoms with Gasteiger partial charge in [0.05, 0.1) is 22.6 Å². The van der Waals surface area contributed by atoms with E-state index in [0.717, 1.165) is 14.7 Å². The van der Waals surface area contributed by atoms with Crippen molar-refractivity contribution in [2.24, 2.45) is 0 Å². The van der Waals surface area contributed by atoms with Crippen molar-refractivity contribution >= 4 is 46.0 Å². The number of benzene rings is 2. The van der Waals surface area contributed by atoms with Crippen molar-refractivity contribution in [3.63, 3.8) is 0 Å². The molecule has 0 fully saturated rings. The highest BCUT2D eigenvalue weighted by molar-refractivity contribution is 14.1. The fourth-order valence-electron chi connectivity index (χ4n) is 3.18. The van der Waals surface area contributed by atoms with Crippen LogP contribution in [-0.4, -0.2) is 27.3 Å². The van der Waals surface area contributed by atoms with Gasteiger partial charge in [-0.15, -0.1) is 0 Å². The Morgan fingerprint density at radius 2 is 2.07 bits per heavy atom. The number of amides is 1. The van der Waals surface area contributed by atoms with E-state index < -0.39 is 0 Å². The van der Waals surface area contributed by atoms with Crippen LogP contribution in [-0.2, 0) is 11.4 Å². The second-order valence-electron chi connectivity index (χ2n) is 6.47. The summed E-state index contributed by atoms with van der Waals surface area (Å²) in [5.41, 5.74) is 1.92. The quantitative estimate of drug-likeness (QED) is 0.482. The van der Waals surface area contributed by atoms with Gasteiger partial charge < -0.3 is 9.47 Å². The lowest BCUT2D eigenvalue weighted by atomic mass is 10.0. The average Bonchev–Trinajstić information content (AvgIpc) is 3.16. The summed E-state index contributed by atoms with van der Waals surface area (Å²) < 4.78 is 14.5. The lowest BCUT2D eigenvalue weighted by molar-refractivity contribution is -0.117. The molecular formula is C20H18ClIN4O3. The second-order valence-corrected chi connectivity index (χ2v) is 8.07. The molecule has 2 aromatic carbocycles. The summed E-state index contributed by atoms with van der Waals surface area (Å²) in [5, 5.41) is 7.68. The minimum Gasteiger partial charge on any atom is -0.490 e. The number of halogens is 2. The molecule has 29 heavy (non-hydrogen) atoms. The lowest BCUT2D eigenvalue weighted by Crippen LogP contribution is -2.29. The summed E-state index contributed by atoms with van der Waals surface area (Å²) >= 11 is 8.17. The number of fused-ring (bicyclic) bond motifs is 1. The number of nitrogens with zero attached hydrogens (tertiary/aromatic N) is 3. The fraction of sp³-hybridized carbons (Fsp3) is 0.250. The largest absolute Gasteiger partial charge is 0.490 e. The summed E-state index contributed by atoms with van der Waals surface area (Å²) in [6.07, 6.45) is 1.72. The molecule has 1 aromatic heterocycles. The van der Waals surface area contributed by atoms with Crippen molar-refractivity contribution < 1.29 is 14.3 Å². The molecule has 0 unspecified atom stereocenters. The smallest absolute Gasteiger partial charge is 0.229 e. The molecule has 1 N–H and O–H groups in total. The van der Waals surface area contributed by atoms with Crippen LogP contribution in [0.3, 0.4) is 0 Å². The molecule has 0 aliphatic carbocycles. The number of ether oxygens (including phenoxy) is 2. The van der Waals surface area contributed by atoms with Gasteiger partial charge in [-0.1, -0.05) is 23.7 Å². The maximum atomic E-state index is 12.1. The number of hydrogen-bond donors (Lipinski definition) is 1. The molecule has 0 saturated heterocycles. The Morgan fingerprint density at radius 1 is 1.28 bits per heavy atom. The lowest BCUT2D eigenvalue weighted by Gasteiger charge is -2.25. The molecule has 2 heterocycles. The Labute approximate surface area is 186 Å². The molecule has 3 aromatic rings. The van der Waals surface area contributed by atoms with Gasteiger partial charge in [-0.25, -0.2) is 4.68 Å². The van der Waals surface area contributed by atoms with E-state index >= 15 is 0 Å². The van der Waals surface area contributed by atoms with Crippen LogP contribution in [0.2, 0.25) is 5.02 Å². The monoisotopic (exact) mass is 524 g/mol. The second kappa shape index (κ2) is 8.58. The van der Waals surface area contributed by atoms with E-state index in [1.165, 1.54) is 6.33 Å².